The fourth-order valence-corrected chi connectivity index (χ4v) is 1.49. The SMILES string of the molecule is CCNC(=O)c1cc(Cl)cc(Cl)c1O. The second-order valence-electron chi connectivity index (χ2n) is 2.64. The van der Waals surface area contributed by atoms with Gasteiger partial charge in [-0.05, 0) is 19.1 Å². The molecule has 0 saturated carbocycles. The molecule has 1 rings (SSSR count). The Kier molecular flexibility index (Phi) is 3.61. The first-order valence-corrected chi connectivity index (χ1v) is 4.78. The van der Waals surface area contributed by atoms with Crippen LogP contribution < -0.4 is 5.32 Å². The molecule has 1 aromatic rings. The number of hydrogen-bond donors (Lipinski definition) is 2. The molecular weight excluding hydrogens is 225 g/mol. The van der Waals surface area contributed by atoms with Crippen LogP contribution in [0.15, 0.2) is 12.1 Å². The first-order valence-electron chi connectivity index (χ1n) is 4.02. The first-order chi connectivity index (χ1) is 6.56. The maximum atomic E-state index is 11.4. The molecule has 76 valence electrons. The molecule has 14 heavy (non-hydrogen) atoms. The molecule has 2 N–H and O–H groups in total. The highest BCUT2D eigenvalue weighted by Crippen LogP contribution is 2.30. The number of rotatable bonds is 2. The fourth-order valence-electron chi connectivity index (χ4n) is 0.995. The average molecular weight is 234 g/mol. The predicted molar refractivity (Wildman–Crippen MR) is 56.1 cm³/mol. The molecule has 0 fully saturated rings. The summed E-state index contributed by atoms with van der Waals surface area (Å²) in [5, 5.41) is 12.4. The Morgan fingerprint density at radius 3 is 2.71 bits per heavy atom. The second-order valence-corrected chi connectivity index (χ2v) is 3.49. The van der Waals surface area contributed by atoms with E-state index in [1.807, 2.05) is 0 Å². The number of benzene rings is 1. The van der Waals surface area contributed by atoms with Gasteiger partial charge in [0.15, 0.2) is 0 Å². The topological polar surface area (TPSA) is 49.3 Å². The average Bonchev–Trinajstić information content (AvgIpc) is 2.11. The summed E-state index contributed by atoms with van der Waals surface area (Å²) >= 11 is 11.3. The number of hydrogen-bond acceptors (Lipinski definition) is 2. The maximum Gasteiger partial charge on any atom is 0.255 e. The van der Waals surface area contributed by atoms with Crippen LogP contribution in [-0.4, -0.2) is 17.6 Å². The van der Waals surface area contributed by atoms with Gasteiger partial charge in [-0.15, -0.1) is 0 Å². The lowest BCUT2D eigenvalue weighted by Gasteiger charge is -2.06. The normalized spacial score (nSPS) is 9.93. The molecule has 0 atom stereocenters. The zero-order valence-corrected chi connectivity index (χ0v) is 8.99. The molecule has 0 saturated heterocycles. The molecule has 0 aliphatic rings. The number of aromatic hydroxyl groups is 1. The van der Waals surface area contributed by atoms with Crippen LogP contribution in [0, 0.1) is 0 Å². The van der Waals surface area contributed by atoms with Crippen LogP contribution in [-0.2, 0) is 0 Å². The number of phenols is 1. The summed E-state index contributed by atoms with van der Waals surface area (Å²) in [7, 11) is 0. The zero-order valence-electron chi connectivity index (χ0n) is 7.47. The maximum absolute atomic E-state index is 11.4. The standard InChI is InChI=1S/C9H9Cl2NO2/c1-2-12-9(14)6-3-5(10)4-7(11)8(6)13/h3-4,13H,2H2,1H3,(H,12,14). The summed E-state index contributed by atoms with van der Waals surface area (Å²) in [5.41, 5.74) is 0.0874. The van der Waals surface area contributed by atoms with E-state index in [2.05, 4.69) is 5.32 Å². The Labute approximate surface area is 91.6 Å². The third kappa shape index (κ3) is 2.30. The minimum atomic E-state index is -0.394. The smallest absolute Gasteiger partial charge is 0.255 e. The van der Waals surface area contributed by atoms with E-state index in [0.29, 0.717) is 11.6 Å². The van der Waals surface area contributed by atoms with E-state index in [9.17, 15) is 9.90 Å². The number of carbonyl (C=O) groups excluding carboxylic acids is 1. The molecule has 3 nitrogen and oxygen atoms in total. The number of amides is 1. The van der Waals surface area contributed by atoms with E-state index in [-0.39, 0.29) is 16.3 Å². The van der Waals surface area contributed by atoms with Crippen molar-refractivity contribution < 1.29 is 9.90 Å². The highest BCUT2D eigenvalue weighted by atomic mass is 35.5. The van der Waals surface area contributed by atoms with Crippen LogP contribution in [0.5, 0.6) is 5.75 Å². The number of carbonyl (C=O) groups is 1. The van der Waals surface area contributed by atoms with Gasteiger partial charge in [0.1, 0.15) is 5.75 Å². The van der Waals surface area contributed by atoms with Gasteiger partial charge in [-0.25, -0.2) is 0 Å². The van der Waals surface area contributed by atoms with Crippen molar-refractivity contribution in [3.05, 3.63) is 27.7 Å². The van der Waals surface area contributed by atoms with Crippen LogP contribution in [0.3, 0.4) is 0 Å². The molecule has 0 heterocycles. The number of nitrogens with one attached hydrogen (secondary N) is 1. The molecule has 0 unspecified atom stereocenters. The minimum Gasteiger partial charge on any atom is -0.506 e. The Bertz CT molecular complexity index is 366. The quantitative estimate of drug-likeness (QED) is 0.825. The van der Waals surface area contributed by atoms with Crippen LogP contribution in [0.1, 0.15) is 17.3 Å². The lowest BCUT2D eigenvalue weighted by Crippen LogP contribution is -2.22. The van der Waals surface area contributed by atoms with Crippen molar-refractivity contribution in [2.45, 2.75) is 6.92 Å². The van der Waals surface area contributed by atoms with Crippen molar-refractivity contribution in [1.29, 1.82) is 0 Å². The first kappa shape index (κ1) is 11.1. The summed E-state index contributed by atoms with van der Waals surface area (Å²) in [5.74, 6) is -0.642. The lowest BCUT2D eigenvalue weighted by molar-refractivity contribution is 0.0953. The summed E-state index contributed by atoms with van der Waals surface area (Å²) in [4.78, 5) is 11.4. The summed E-state index contributed by atoms with van der Waals surface area (Å²) in [6.07, 6.45) is 0. The monoisotopic (exact) mass is 233 g/mol. The van der Waals surface area contributed by atoms with E-state index in [0.717, 1.165) is 0 Å². The van der Waals surface area contributed by atoms with Crippen molar-refractivity contribution in [3.8, 4) is 5.75 Å². The van der Waals surface area contributed by atoms with E-state index in [4.69, 9.17) is 23.2 Å². The van der Waals surface area contributed by atoms with Crippen LogP contribution >= 0.6 is 23.2 Å². The highest BCUT2D eigenvalue weighted by molar-refractivity contribution is 6.36. The largest absolute Gasteiger partial charge is 0.506 e. The van der Waals surface area contributed by atoms with Gasteiger partial charge in [0, 0.05) is 11.6 Å². The molecule has 0 aliphatic heterocycles. The van der Waals surface area contributed by atoms with E-state index >= 15 is 0 Å². The molecule has 1 amide bonds. The van der Waals surface area contributed by atoms with Crippen LogP contribution in [0.4, 0.5) is 0 Å². The predicted octanol–water partition coefficient (Wildman–Crippen LogP) is 2.45. The Morgan fingerprint density at radius 1 is 1.50 bits per heavy atom. The van der Waals surface area contributed by atoms with E-state index < -0.39 is 5.91 Å². The van der Waals surface area contributed by atoms with Crippen molar-refractivity contribution in [2.24, 2.45) is 0 Å². The lowest BCUT2D eigenvalue weighted by atomic mass is 10.2. The Hall–Kier alpha value is -0.930. The number of phenolic OH excluding ortho intramolecular Hbond substituents is 1. The summed E-state index contributed by atoms with van der Waals surface area (Å²) in [6.45, 7) is 2.25. The molecule has 5 heteroatoms. The van der Waals surface area contributed by atoms with Crippen molar-refractivity contribution >= 4 is 29.1 Å². The van der Waals surface area contributed by atoms with Crippen molar-refractivity contribution in [1.82, 2.24) is 5.32 Å². The van der Waals surface area contributed by atoms with Gasteiger partial charge in [-0.1, -0.05) is 23.2 Å². The third-order valence-corrected chi connectivity index (χ3v) is 2.12. The van der Waals surface area contributed by atoms with E-state index in [1.54, 1.807) is 6.92 Å². The molecule has 1 aromatic carbocycles. The van der Waals surface area contributed by atoms with Gasteiger partial charge < -0.3 is 10.4 Å². The molecule has 0 aromatic heterocycles. The molecular formula is C9H9Cl2NO2. The fraction of sp³-hybridized carbons (Fsp3) is 0.222. The van der Waals surface area contributed by atoms with Crippen molar-refractivity contribution in [2.75, 3.05) is 6.54 Å². The Morgan fingerprint density at radius 2 is 2.14 bits per heavy atom. The van der Waals surface area contributed by atoms with Crippen LogP contribution in [0.25, 0.3) is 0 Å². The van der Waals surface area contributed by atoms with Crippen LogP contribution in [0.2, 0.25) is 10.0 Å². The number of halogens is 2. The van der Waals surface area contributed by atoms with Gasteiger partial charge in [0.25, 0.3) is 5.91 Å². The van der Waals surface area contributed by atoms with Gasteiger partial charge in [-0.3, -0.25) is 4.79 Å². The summed E-state index contributed by atoms with van der Waals surface area (Å²) < 4.78 is 0. The highest BCUT2D eigenvalue weighted by Gasteiger charge is 2.14. The van der Waals surface area contributed by atoms with E-state index in [1.165, 1.54) is 12.1 Å². The molecule has 0 spiro atoms. The summed E-state index contributed by atoms with van der Waals surface area (Å²) in [6, 6.07) is 2.74. The van der Waals surface area contributed by atoms with Crippen molar-refractivity contribution in [3.63, 3.8) is 0 Å². The van der Waals surface area contributed by atoms with Gasteiger partial charge in [0.05, 0.1) is 10.6 Å². The molecule has 0 radical (unpaired) electrons. The molecule has 0 aliphatic carbocycles. The third-order valence-electron chi connectivity index (χ3n) is 1.61. The minimum absolute atomic E-state index is 0.0683. The van der Waals surface area contributed by atoms with Gasteiger partial charge in [0.2, 0.25) is 0 Å². The molecule has 0 bridgehead atoms. The van der Waals surface area contributed by atoms with Gasteiger partial charge in [-0.2, -0.15) is 0 Å². The second kappa shape index (κ2) is 4.53. The van der Waals surface area contributed by atoms with Gasteiger partial charge >= 0.3 is 0 Å². The Balaban J connectivity index is 3.13. The zero-order chi connectivity index (χ0) is 10.7.